The molecular weight excluding hydrogens is 242 g/mol. The van der Waals surface area contributed by atoms with E-state index in [9.17, 15) is 9.59 Å². The molecule has 1 aliphatic heterocycles. The summed E-state index contributed by atoms with van der Waals surface area (Å²) in [6.45, 7) is 5.89. The summed E-state index contributed by atoms with van der Waals surface area (Å²) in [5, 5.41) is 4.12. The van der Waals surface area contributed by atoms with Crippen LogP contribution in [0.4, 0.5) is 5.69 Å². The van der Waals surface area contributed by atoms with E-state index in [2.05, 4.69) is 10.00 Å². The fourth-order valence-electron chi connectivity index (χ4n) is 2.22. The van der Waals surface area contributed by atoms with Crippen LogP contribution in [0.15, 0.2) is 17.1 Å². The molecule has 5 nitrogen and oxygen atoms in total. The van der Waals surface area contributed by atoms with E-state index in [1.807, 2.05) is 13.8 Å². The monoisotopic (exact) mass is 263 g/mol. The van der Waals surface area contributed by atoms with E-state index in [1.54, 1.807) is 12.3 Å². The van der Waals surface area contributed by atoms with Crippen molar-refractivity contribution in [3.63, 3.8) is 0 Å². The molecular formula is C14H21N3O2. The minimum absolute atomic E-state index is 0.0213. The number of carbonyl (C=O) groups is 1. The molecule has 1 unspecified atom stereocenters. The molecule has 1 aromatic rings. The van der Waals surface area contributed by atoms with Gasteiger partial charge in [0.05, 0.1) is 11.9 Å². The maximum absolute atomic E-state index is 12.0. The molecule has 2 heterocycles. The minimum atomic E-state index is -0.193. The molecule has 19 heavy (non-hydrogen) atoms. The molecule has 0 radical (unpaired) electrons. The number of Topliss-reactive ketones (excluding diaryl/α,β-unsaturated/α-hetero) is 1. The number of ketones is 1. The highest BCUT2D eigenvalue weighted by Gasteiger charge is 2.16. The number of anilines is 1. The second-order valence-corrected chi connectivity index (χ2v) is 5.18. The van der Waals surface area contributed by atoms with Crippen molar-refractivity contribution in [1.29, 1.82) is 0 Å². The first-order valence-corrected chi connectivity index (χ1v) is 6.96. The van der Waals surface area contributed by atoms with Crippen LogP contribution >= 0.6 is 0 Å². The van der Waals surface area contributed by atoms with Crippen LogP contribution in [-0.4, -0.2) is 28.7 Å². The second kappa shape index (κ2) is 5.99. The molecule has 0 saturated carbocycles. The van der Waals surface area contributed by atoms with Crippen molar-refractivity contribution in [3.8, 4) is 0 Å². The predicted molar refractivity (Wildman–Crippen MR) is 74.4 cm³/mol. The van der Waals surface area contributed by atoms with Crippen molar-refractivity contribution in [3.05, 3.63) is 22.6 Å². The predicted octanol–water partition coefficient (Wildman–Crippen LogP) is 1.46. The molecule has 0 aromatic carbocycles. The summed E-state index contributed by atoms with van der Waals surface area (Å²) in [6, 6.07) is 1.59. The van der Waals surface area contributed by atoms with Crippen LogP contribution in [0.3, 0.4) is 0 Å². The summed E-state index contributed by atoms with van der Waals surface area (Å²) in [6.07, 6.45) is 4.81. The van der Waals surface area contributed by atoms with Crippen LogP contribution < -0.4 is 10.5 Å². The smallest absolute Gasteiger partial charge is 0.269 e. The zero-order chi connectivity index (χ0) is 13.8. The molecule has 1 fully saturated rings. The number of nitrogens with zero attached hydrogens (tertiary/aromatic N) is 3. The lowest BCUT2D eigenvalue weighted by molar-refractivity contribution is -0.123. The standard InChI is InChI=1S/C14H21N3O2/c1-3-11(2)13(18)10-17-14(19)8-12(9-15-17)16-6-4-5-7-16/h8-9,11H,3-7,10H2,1-2H3. The molecule has 0 N–H and O–H groups in total. The highest BCUT2D eigenvalue weighted by atomic mass is 16.1. The Hall–Kier alpha value is -1.65. The average molecular weight is 263 g/mol. The highest BCUT2D eigenvalue weighted by Crippen LogP contribution is 2.16. The molecule has 1 aromatic heterocycles. The molecule has 0 bridgehead atoms. The molecule has 0 amide bonds. The number of hydrogen-bond acceptors (Lipinski definition) is 4. The van der Waals surface area contributed by atoms with Gasteiger partial charge in [0, 0.05) is 25.1 Å². The third-order valence-corrected chi connectivity index (χ3v) is 3.79. The van der Waals surface area contributed by atoms with Gasteiger partial charge in [0.15, 0.2) is 5.78 Å². The van der Waals surface area contributed by atoms with Gasteiger partial charge in [0.2, 0.25) is 0 Å². The fraction of sp³-hybridized carbons (Fsp3) is 0.643. The highest BCUT2D eigenvalue weighted by molar-refractivity contribution is 5.80. The van der Waals surface area contributed by atoms with Crippen molar-refractivity contribution >= 4 is 11.5 Å². The summed E-state index contributed by atoms with van der Waals surface area (Å²) >= 11 is 0. The van der Waals surface area contributed by atoms with Gasteiger partial charge in [-0.3, -0.25) is 9.59 Å². The number of carbonyl (C=O) groups excluding carboxylic acids is 1. The normalized spacial score (nSPS) is 16.6. The Morgan fingerprint density at radius 3 is 2.68 bits per heavy atom. The molecule has 1 aliphatic rings. The quantitative estimate of drug-likeness (QED) is 0.807. The second-order valence-electron chi connectivity index (χ2n) is 5.18. The van der Waals surface area contributed by atoms with E-state index in [0.29, 0.717) is 0 Å². The van der Waals surface area contributed by atoms with E-state index in [-0.39, 0.29) is 23.8 Å². The lowest BCUT2D eigenvalue weighted by atomic mass is 10.0. The van der Waals surface area contributed by atoms with Gasteiger partial charge in [0.1, 0.15) is 6.54 Å². The van der Waals surface area contributed by atoms with E-state index in [1.165, 1.54) is 4.68 Å². The van der Waals surface area contributed by atoms with Gasteiger partial charge in [-0.2, -0.15) is 5.10 Å². The van der Waals surface area contributed by atoms with Gasteiger partial charge >= 0.3 is 0 Å². The Morgan fingerprint density at radius 2 is 2.11 bits per heavy atom. The summed E-state index contributed by atoms with van der Waals surface area (Å²) in [7, 11) is 0. The lowest BCUT2D eigenvalue weighted by Crippen LogP contribution is -2.30. The first-order valence-electron chi connectivity index (χ1n) is 6.96. The maximum atomic E-state index is 12.0. The molecule has 1 saturated heterocycles. The molecule has 0 aliphatic carbocycles. The first kappa shape index (κ1) is 13.8. The Balaban J connectivity index is 2.11. The van der Waals surface area contributed by atoms with Crippen molar-refractivity contribution < 1.29 is 4.79 Å². The minimum Gasteiger partial charge on any atom is -0.370 e. The maximum Gasteiger partial charge on any atom is 0.269 e. The van der Waals surface area contributed by atoms with Crippen LogP contribution in [0, 0.1) is 5.92 Å². The van der Waals surface area contributed by atoms with E-state index >= 15 is 0 Å². The molecule has 5 heteroatoms. The summed E-state index contributed by atoms with van der Waals surface area (Å²) in [5.74, 6) is 0.0398. The van der Waals surface area contributed by atoms with Gasteiger partial charge in [-0.05, 0) is 19.3 Å². The van der Waals surface area contributed by atoms with Crippen molar-refractivity contribution in [1.82, 2.24) is 9.78 Å². The number of hydrogen-bond donors (Lipinski definition) is 0. The third kappa shape index (κ3) is 3.22. The largest absolute Gasteiger partial charge is 0.370 e. The molecule has 1 atom stereocenters. The van der Waals surface area contributed by atoms with Crippen LogP contribution in [0.1, 0.15) is 33.1 Å². The van der Waals surface area contributed by atoms with E-state index in [4.69, 9.17) is 0 Å². The van der Waals surface area contributed by atoms with Crippen LogP contribution in [0.2, 0.25) is 0 Å². The van der Waals surface area contributed by atoms with E-state index < -0.39 is 0 Å². The molecule has 0 spiro atoms. The topological polar surface area (TPSA) is 55.2 Å². The first-order chi connectivity index (χ1) is 9.11. The van der Waals surface area contributed by atoms with Crippen LogP contribution in [-0.2, 0) is 11.3 Å². The fourth-order valence-corrected chi connectivity index (χ4v) is 2.22. The lowest BCUT2D eigenvalue weighted by Gasteiger charge is -2.17. The SMILES string of the molecule is CCC(C)C(=O)Cn1ncc(N2CCCC2)cc1=O. The van der Waals surface area contributed by atoms with E-state index in [0.717, 1.165) is 38.0 Å². The van der Waals surface area contributed by atoms with Gasteiger partial charge in [-0.25, -0.2) is 4.68 Å². The van der Waals surface area contributed by atoms with Crippen LogP contribution in [0.5, 0.6) is 0 Å². The van der Waals surface area contributed by atoms with Gasteiger partial charge in [-0.15, -0.1) is 0 Å². The van der Waals surface area contributed by atoms with Crippen LogP contribution in [0.25, 0.3) is 0 Å². The third-order valence-electron chi connectivity index (χ3n) is 3.79. The van der Waals surface area contributed by atoms with Gasteiger partial charge < -0.3 is 4.90 Å². The Morgan fingerprint density at radius 1 is 1.42 bits per heavy atom. The van der Waals surface area contributed by atoms with Crippen molar-refractivity contribution in [2.75, 3.05) is 18.0 Å². The van der Waals surface area contributed by atoms with Gasteiger partial charge in [0.25, 0.3) is 5.56 Å². The number of aromatic nitrogens is 2. The Kier molecular flexibility index (Phi) is 4.35. The summed E-state index contributed by atoms with van der Waals surface area (Å²) in [5.41, 5.74) is 0.677. The summed E-state index contributed by atoms with van der Waals surface area (Å²) in [4.78, 5) is 26.0. The summed E-state index contributed by atoms with van der Waals surface area (Å²) < 4.78 is 1.26. The zero-order valence-corrected chi connectivity index (χ0v) is 11.6. The molecule has 104 valence electrons. The Bertz CT molecular complexity index is 504. The zero-order valence-electron chi connectivity index (χ0n) is 11.6. The van der Waals surface area contributed by atoms with Crippen molar-refractivity contribution in [2.45, 2.75) is 39.7 Å². The Labute approximate surface area is 113 Å². The molecule has 2 rings (SSSR count). The number of rotatable bonds is 5. The van der Waals surface area contributed by atoms with Crippen molar-refractivity contribution in [2.24, 2.45) is 5.92 Å². The van der Waals surface area contributed by atoms with Gasteiger partial charge in [-0.1, -0.05) is 13.8 Å². The average Bonchev–Trinajstić information content (AvgIpc) is 2.94.